The summed E-state index contributed by atoms with van der Waals surface area (Å²) in [5, 5.41) is 1.80. The van der Waals surface area contributed by atoms with E-state index in [2.05, 4.69) is 16.0 Å². The van der Waals surface area contributed by atoms with Crippen LogP contribution in [-0.2, 0) is 4.74 Å². The van der Waals surface area contributed by atoms with E-state index in [0.717, 1.165) is 5.70 Å². The van der Waals surface area contributed by atoms with E-state index in [1.165, 1.54) is 0 Å². The molecular weight excluding hydrogens is 180 g/mol. The molecule has 0 spiro atoms. The van der Waals surface area contributed by atoms with Gasteiger partial charge in [-0.25, -0.2) is 4.99 Å². The van der Waals surface area contributed by atoms with Crippen LogP contribution in [0.4, 0.5) is 0 Å². The number of hydrogen-bond donors (Lipinski definition) is 2. The predicted octanol–water partition coefficient (Wildman–Crippen LogP) is 0.281. The number of nitrogens with zero attached hydrogens (tertiary/aromatic N) is 2. The van der Waals surface area contributed by atoms with Crippen molar-refractivity contribution >= 4 is 5.90 Å². The third-order valence-corrected chi connectivity index (χ3v) is 1.89. The molecule has 2 heterocycles. The van der Waals surface area contributed by atoms with Gasteiger partial charge in [0.25, 0.3) is 0 Å². The van der Waals surface area contributed by atoms with Crippen LogP contribution in [0, 0.1) is 0 Å². The number of hydrogen-bond acceptors (Lipinski definition) is 5. The highest BCUT2D eigenvalue weighted by molar-refractivity contribution is 5.93. The first-order chi connectivity index (χ1) is 6.92. The Kier molecular flexibility index (Phi) is 2.51. The number of hydrazine groups is 2. The monoisotopic (exact) mass is 192 g/mol. The molecular formula is C9H12N4O. The van der Waals surface area contributed by atoms with Crippen LogP contribution in [0.15, 0.2) is 41.3 Å². The molecule has 0 aromatic rings. The lowest BCUT2D eigenvalue weighted by molar-refractivity contribution is 0.324. The Balaban J connectivity index is 2.24. The van der Waals surface area contributed by atoms with Crippen molar-refractivity contribution in [3.05, 3.63) is 36.3 Å². The third kappa shape index (κ3) is 1.62. The molecule has 0 fully saturated rings. The molecule has 0 aliphatic carbocycles. The molecule has 0 aromatic heterocycles. The Morgan fingerprint density at radius 1 is 1.57 bits per heavy atom. The molecule has 0 unspecified atom stereocenters. The molecule has 0 aromatic carbocycles. The predicted molar refractivity (Wildman–Crippen MR) is 53.8 cm³/mol. The van der Waals surface area contributed by atoms with E-state index in [1.54, 1.807) is 18.3 Å². The first-order valence-electron chi connectivity index (χ1n) is 4.34. The van der Waals surface area contributed by atoms with Gasteiger partial charge in [0, 0.05) is 12.4 Å². The molecule has 0 radical (unpaired) electrons. The molecule has 5 nitrogen and oxygen atoms in total. The molecule has 0 bridgehead atoms. The number of rotatable bonds is 1. The van der Waals surface area contributed by atoms with Crippen LogP contribution in [0.3, 0.4) is 0 Å². The topological polar surface area (TPSA) is 48.9 Å². The lowest BCUT2D eigenvalue weighted by atomic mass is 10.3. The van der Waals surface area contributed by atoms with E-state index in [9.17, 15) is 0 Å². The first-order valence-corrected chi connectivity index (χ1v) is 4.34. The zero-order chi connectivity index (χ0) is 9.80. The number of nitrogens with one attached hydrogen (secondary N) is 2. The molecule has 2 rings (SSSR count). The van der Waals surface area contributed by atoms with Crippen molar-refractivity contribution in [3.63, 3.8) is 0 Å². The fourth-order valence-corrected chi connectivity index (χ4v) is 1.26. The molecule has 2 aliphatic rings. The SMILES string of the molecule is COC1=NCC=CC=C1N1C=CNN1. The van der Waals surface area contributed by atoms with Crippen LogP contribution in [0.25, 0.3) is 0 Å². The van der Waals surface area contributed by atoms with Crippen molar-refractivity contribution < 1.29 is 4.74 Å². The van der Waals surface area contributed by atoms with E-state index in [-0.39, 0.29) is 0 Å². The summed E-state index contributed by atoms with van der Waals surface area (Å²) in [6, 6.07) is 0. The standard InChI is InChI=1S/C9H12N4O/c1-14-9-8(4-2-3-5-10-9)13-7-6-11-12-13/h2-4,6-7,11-12H,5H2,1H3. The molecule has 2 N–H and O–H groups in total. The van der Waals surface area contributed by atoms with E-state index in [1.807, 2.05) is 24.4 Å². The summed E-state index contributed by atoms with van der Waals surface area (Å²) in [7, 11) is 1.62. The maximum atomic E-state index is 5.19. The summed E-state index contributed by atoms with van der Waals surface area (Å²) in [4.78, 5) is 4.26. The largest absolute Gasteiger partial charge is 0.480 e. The maximum absolute atomic E-state index is 5.19. The summed E-state index contributed by atoms with van der Waals surface area (Å²) >= 11 is 0. The average Bonchev–Trinajstić information content (AvgIpc) is 2.63. The normalized spacial score (nSPS) is 19.9. The van der Waals surface area contributed by atoms with Gasteiger partial charge < -0.3 is 10.2 Å². The third-order valence-electron chi connectivity index (χ3n) is 1.89. The lowest BCUT2D eigenvalue weighted by Gasteiger charge is -2.18. The molecule has 5 heteroatoms. The fourth-order valence-electron chi connectivity index (χ4n) is 1.26. The molecule has 0 saturated carbocycles. The van der Waals surface area contributed by atoms with Gasteiger partial charge >= 0.3 is 0 Å². The van der Waals surface area contributed by atoms with E-state index in [4.69, 9.17) is 4.74 Å². The van der Waals surface area contributed by atoms with Gasteiger partial charge in [0.1, 0.15) is 5.70 Å². The first kappa shape index (κ1) is 8.83. The van der Waals surface area contributed by atoms with Gasteiger partial charge in [-0.3, -0.25) is 5.01 Å². The Morgan fingerprint density at radius 3 is 3.21 bits per heavy atom. The van der Waals surface area contributed by atoms with Crippen molar-refractivity contribution in [1.82, 2.24) is 16.0 Å². The second-order valence-electron chi connectivity index (χ2n) is 2.77. The Bertz CT molecular complexity index is 330. The summed E-state index contributed by atoms with van der Waals surface area (Å²) in [6.45, 7) is 0.647. The summed E-state index contributed by atoms with van der Waals surface area (Å²) in [5.41, 5.74) is 6.66. The fraction of sp³-hybridized carbons (Fsp3) is 0.222. The summed E-state index contributed by atoms with van der Waals surface area (Å²) in [6.07, 6.45) is 9.53. The van der Waals surface area contributed by atoms with Gasteiger partial charge in [-0.15, -0.1) is 5.53 Å². The van der Waals surface area contributed by atoms with Crippen LogP contribution in [0.5, 0.6) is 0 Å². The van der Waals surface area contributed by atoms with Crippen molar-refractivity contribution in [1.29, 1.82) is 0 Å². The highest BCUT2D eigenvalue weighted by atomic mass is 16.5. The van der Waals surface area contributed by atoms with Gasteiger partial charge in [-0.05, 0) is 6.08 Å². The molecule has 0 atom stereocenters. The summed E-state index contributed by atoms with van der Waals surface area (Å²) < 4.78 is 5.19. The second kappa shape index (κ2) is 3.97. The highest BCUT2D eigenvalue weighted by Gasteiger charge is 2.16. The zero-order valence-electron chi connectivity index (χ0n) is 7.90. The van der Waals surface area contributed by atoms with Crippen molar-refractivity contribution in [2.24, 2.45) is 4.99 Å². The van der Waals surface area contributed by atoms with Crippen LogP contribution in [0.1, 0.15) is 0 Å². The van der Waals surface area contributed by atoms with Gasteiger partial charge in [0.15, 0.2) is 0 Å². The van der Waals surface area contributed by atoms with Crippen LogP contribution in [0.2, 0.25) is 0 Å². The van der Waals surface area contributed by atoms with Gasteiger partial charge in [0.2, 0.25) is 5.90 Å². The molecule has 2 aliphatic heterocycles. The molecule has 14 heavy (non-hydrogen) atoms. The highest BCUT2D eigenvalue weighted by Crippen LogP contribution is 2.10. The summed E-state index contributed by atoms with van der Waals surface area (Å²) in [5.74, 6) is 0.621. The molecule has 0 amide bonds. The van der Waals surface area contributed by atoms with E-state index in [0.29, 0.717) is 12.4 Å². The zero-order valence-corrected chi connectivity index (χ0v) is 7.90. The number of ether oxygens (including phenoxy) is 1. The Hall–Kier alpha value is -1.75. The minimum absolute atomic E-state index is 0.621. The minimum Gasteiger partial charge on any atom is -0.480 e. The second-order valence-corrected chi connectivity index (χ2v) is 2.77. The average molecular weight is 192 g/mol. The van der Waals surface area contributed by atoms with E-state index < -0.39 is 0 Å². The van der Waals surface area contributed by atoms with Gasteiger partial charge in [-0.2, -0.15) is 0 Å². The quantitative estimate of drug-likeness (QED) is 0.626. The molecule has 74 valence electrons. The maximum Gasteiger partial charge on any atom is 0.234 e. The Labute approximate surface area is 82.4 Å². The van der Waals surface area contributed by atoms with E-state index >= 15 is 0 Å². The number of aliphatic imine (C=N–C) groups is 1. The van der Waals surface area contributed by atoms with Crippen molar-refractivity contribution in [3.8, 4) is 0 Å². The lowest BCUT2D eigenvalue weighted by Crippen LogP contribution is -2.37. The number of methoxy groups -OCH3 is 1. The van der Waals surface area contributed by atoms with Crippen molar-refractivity contribution in [2.75, 3.05) is 13.7 Å². The van der Waals surface area contributed by atoms with Crippen molar-refractivity contribution in [2.45, 2.75) is 0 Å². The number of allylic oxidation sites excluding steroid dienone is 2. The Morgan fingerprint density at radius 2 is 2.50 bits per heavy atom. The van der Waals surface area contributed by atoms with Crippen LogP contribution < -0.4 is 11.0 Å². The van der Waals surface area contributed by atoms with Gasteiger partial charge in [-0.1, -0.05) is 12.2 Å². The van der Waals surface area contributed by atoms with Gasteiger partial charge in [0.05, 0.1) is 13.7 Å². The van der Waals surface area contributed by atoms with Crippen LogP contribution in [-0.4, -0.2) is 24.6 Å². The minimum atomic E-state index is 0.621. The smallest absolute Gasteiger partial charge is 0.234 e. The van der Waals surface area contributed by atoms with Crippen LogP contribution >= 0.6 is 0 Å². The molecule has 0 saturated heterocycles.